The lowest BCUT2D eigenvalue weighted by Gasteiger charge is -2.24. The van der Waals surface area contributed by atoms with E-state index in [9.17, 15) is 9.59 Å². The van der Waals surface area contributed by atoms with Crippen LogP contribution in [-0.2, 0) is 9.59 Å². The van der Waals surface area contributed by atoms with Crippen molar-refractivity contribution in [2.24, 2.45) is 0 Å². The molecule has 1 N–H and O–H groups in total. The second-order valence-electron chi connectivity index (χ2n) is 6.93. The van der Waals surface area contributed by atoms with Gasteiger partial charge in [-0.05, 0) is 26.0 Å². The summed E-state index contributed by atoms with van der Waals surface area (Å²) in [6, 6.07) is 18.7. The topological polar surface area (TPSA) is 67.2 Å². The van der Waals surface area contributed by atoms with E-state index in [1.165, 1.54) is 11.8 Å². The summed E-state index contributed by atoms with van der Waals surface area (Å²) in [7, 11) is 0. The molecular weight excluding hydrogens is 388 g/mol. The predicted octanol–water partition coefficient (Wildman–Crippen LogP) is 4.39. The van der Waals surface area contributed by atoms with Crippen molar-refractivity contribution in [3.05, 3.63) is 65.7 Å². The van der Waals surface area contributed by atoms with Crippen molar-refractivity contribution in [1.29, 1.82) is 0 Å². The number of halogens is 1. The molecule has 0 aliphatic heterocycles. The lowest BCUT2D eigenvalue weighted by atomic mass is 10.1. The highest BCUT2D eigenvalue weighted by molar-refractivity contribution is 6.32. The molecule has 0 saturated carbocycles. The summed E-state index contributed by atoms with van der Waals surface area (Å²) in [5.74, 6) is 0.0238. The fraction of sp³-hybridized carbons (Fsp3) is 0.227. The first-order valence-corrected chi connectivity index (χ1v) is 9.72. The monoisotopic (exact) mass is 410 g/mol. The van der Waals surface area contributed by atoms with Crippen LogP contribution in [0.2, 0.25) is 5.02 Å². The van der Waals surface area contributed by atoms with E-state index < -0.39 is 0 Å². The first kappa shape index (κ1) is 20.6. The highest BCUT2D eigenvalue weighted by Crippen LogP contribution is 2.28. The van der Waals surface area contributed by atoms with Crippen molar-refractivity contribution in [3.8, 4) is 16.9 Å². The molecule has 3 aromatic rings. The maximum Gasteiger partial charge on any atom is 0.245 e. The van der Waals surface area contributed by atoms with Gasteiger partial charge in [-0.25, -0.2) is 4.68 Å². The SMILES string of the molecule is CC(=O)N(CC(=O)Nc1cc(-c2ccccc2)nn1-c1ccccc1Cl)C(C)C. The molecule has 0 unspecified atom stereocenters. The van der Waals surface area contributed by atoms with Gasteiger partial charge in [0.15, 0.2) is 0 Å². The van der Waals surface area contributed by atoms with Crippen molar-refractivity contribution >= 4 is 29.2 Å². The molecule has 0 saturated heterocycles. The van der Waals surface area contributed by atoms with Crippen molar-refractivity contribution in [1.82, 2.24) is 14.7 Å². The van der Waals surface area contributed by atoms with Crippen LogP contribution in [0.25, 0.3) is 16.9 Å². The average molecular weight is 411 g/mol. The molecule has 2 amide bonds. The van der Waals surface area contributed by atoms with E-state index in [0.29, 0.717) is 22.2 Å². The van der Waals surface area contributed by atoms with Crippen LogP contribution in [0.15, 0.2) is 60.7 Å². The summed E-state index contributed by atoms with van der Waals surface area (Å²) in [4.78, 5) is 26.0. The second-order valence-corrected chi connectivity index (χ2v) is 7.34. The molecule has 3 rings (SSSR count). The van der Waals surface area contributed by atoms with Gasteiger partial charge in [-0.2, -0.15) is 5.10 Å². The number of nitrogens with one attached hydrogen (secondary N) is 1. The Morgan fingerprint density at radius 2 is 1.76 bits per heavy atom. The first-order chi connectivity index (χ1) is 13.9. The van der Waals surface area contributed by atoms with E-state index in [1.54, 1.807) is 16.8 Å². The van der Waals surface area contributed by atoms with Gasteiger partial charge in [0.05, 0.1) is 16.4 Å². The number of hydrogen-bond donors (Lipinski definition) is 1. The summed E-state index contributed by atoms with van der Waals surface area (Å²) in [6.07, 6.45) is 0. The Labute approximate surface area is 175 Å². The number of benzene rings is 2. The second kappa shape index (κ2) is 8.92. The minimum absolute atomic E-state index is 0.0403. The summed E-state index contributed by atoms with van der Waals surface area (Å²) < 4.78 is 1.61. The van der Waals surface area contributed by atoms with Crippen LogP contribution in [0.4, 0.5) is 5.82 Å². The summed E-state index contributed by atoms with van der Waals surface area (Å²) in [5, 5.41) is 8.04. The molecule has 1 aromatic heterocycles. The number of anilines is 1. The third kappa shape index (κ3) is 4.84. The average Bonchev–Trinajstić information content (AvgIpc) is 3.10. The van der Waals surface area contributed by atoms with Crippen molar-refractivity contribution in [2.75, 3.05) is 11.9 Å². The van der Waals surface area contributed by atoms with Crippen LogP contribution >= 0.6 is 11.6 Å². The van der Waals surface area contributed by atoms with Crippen LogP contribution in [0.3, 0.4) is 0 Å². The molecule has 2 aromatic carbocycles. The Kier molecular flexibility index (Phi) is 6.34. The Morgan fingerprint density at radius 3 is 2.38 bits per heavy atom. The minimum Gasteiger partial charge on any atom is -0.331 e. The number of amides is 2. The molecular formula is C22H23ClN4O2. The molecule has 0 radical (unpaired) electrons. The Hall–Kier alpha value is -3.12. The maximum absolute atomic E-state index is 12.7. The number of aromatic nitrogens is 2. The molecule has 0 fully saturated rings. The lowest BCUT2D eigenvalue weighted by Crippen LogP contribution is -2.41. The molecule has 29 heavy (non-hydrogen) atoms. The Bertz CT molecular complexity index is 1010. The van der Waals surface area contributed by atoms with Gasteiger partial charge in [-0.15, -0.1) is 0 Å². The van der Waals surface area contributed by atoms with E-state index in [4.69, 9.17) is 11.6 Å². The zero-order valence-electron chi connectivity index (χ0n) is 16.6. The van der Waals surface area contributed by atoms with Gasteiger partial charge in [-0.1, -0.05) is 54.1 Å². The molecule has 0 spiro atoms. The smallest absolute Gasteiger partial charge is 0.245 e. The van der Waals surface area contributed by atoms with Gasteiger partial charge in [-0.3, -0.25) is 9.59 Å². The van der Waals surface area contributed by atoms with Crippen LogP contribution in [0.5, 0.6) is 0 Å². The Morgan fingerprint density at radius 1 is 1.10 bits per heavy atom. The minimum atomic E-state index is -0.304. The van der Waals surface area contributed by atoms with Gasteiger partial charge >= 0.3 is 0 Å². The van der Waals surface area contributed by atoms with Gasteiger partial charge in [0.1, 0.15) is 12.4 Å². The van der Waals surface area contributed by atoms with Gasteiger partial charge < -0.3 is 10.2 Å². The fourth-order valence-electron chi connectivity index (χ4n) is 3.02. The molecule has 150 valence electrons. The van der Waals surface area contributed by atoms with Crippen LogP contribution < -0.4 is 5.32 Å². The molecule has 0 aliphatic rings. The largest absolute Gasteiger partial charge is 0.331 e. The molecule has 0 bridgehead atoms. The van der Waals surface area contributed by atoms with Crippen molar-refractivity contribution < 1.29 is 9.59 Å². The number of rotatable bonds is 6. The van der Waals surface area contributed by atoms with E-state index in [0.717, 1.165) is 5.56 Å². The van der Waals surface area contributed by atoms with E-state index >= 15 is 0 Å². The lowest BCUT2D eigenvalue weighted by molar-refractivity contribution is -0.134. The third-order valence-corrected chi connectivity index (χ3v) is 4.79. The molecule has 0 atom stereocenters. The summed E-state index contributed by atoms with van der Waals surface area (Å²) >= 11 is 6.36. The highest BCUT2D eigenvalue weighted by atomic mass is 35.5. The zero-order valence-corrected chi connectivity index (χ0v) is 17.3. The van der Waals surface area contributed by atoms with E-state index in [-0.39, 0.29) is 24.4 Å². The third-order valence-electron chi connectivity index (χ3n) is 4.47. The van der Waals surface area contributed by atoms with Crippen LogP contribution in [0.1, 0.15) is 20.8 Å². The van der Waals surface area contributed by atoms with E-state index in [1.807, 2.05) is 62.4 Å². The molecule has 6 nitrogen and oxygen atoms in total. The zero-order chi connectivity index (χ0) is 21.0. The van der Waals surface area contributed by atoms with Gasteiger partial charge in [0.25, 0.3) is 0 Å². The quantitative estimate of drug-likeness (QED) is 0.655. The maximum atomic E-state index is 12.7. The number of para-hydroxylation sites is 1. The van der Waals surface area contributed by atoms with Crippen LogP contribution in [-0.4, -0.2) is 39.1 Å². The predicted molar refractivity (Wildman–Crippen MR) is 115 cm³/mol. The Balaban J connectivity index is 1.96. The van der Waals surface area contributed by atoms with Gasteiger partial charge in [0.2, 0.25) is 11.8 Å². The number of nitrogens with zero attached hydrogens (tertiary/aromatic N) is 3. The molecule has 0 aliphatic carbocycles. The number of carbonyl (C=O) groups excluding carboxylic acids is 2. The normalized spacial score (nSPS) is 10.8. The fourth-order valence-corrected chi connectivity index (χ4v) is 3.24. The van der Waals surface area contributed by atoms with E-state index in [2.05, 4.69) is 10.4 Å². The number of hydrogen-bond acceptors (Lipinski definition) is 3. The van der Waals surface area contributed by atoms with Crippen molar-refractivity contribution in [3.63, 3.8) is 0 Å². The standard InChI is InChI=1S/C22H23ClN4O2/c1-15(2)26(16(3)28)14-22(29)24-21-13-19(17-9-5-4-6-10-17)25-27(21)20-12-8-7-11-18(20)23/h4-13,15H,14H2,1-3H3,(H,24,29). The van der Waals surface area contributed by atoms with Crippen LogP contribution in [0, 0.1) is 0 Å². The number of carbonyl (C=O) groups is 2. The first-order valence-electron chi connectivity index (χ1n) is 9.34. The van der Waals surface area contributed by atoms with Crippen molar-refractivity contribution in [2.45, 2.75) is 26.8 Å². The van der Waals surface area contributed by atoms with Gasteiger partial charge in [0, 0.05) is 24.6 Å². The molecule has 7 heteroatoms. The molecule has 1 heterocycles. The summed E-state index contributed by atoms with van der Waals surface area (Å²) in [6.45, 7) is 5.16. The summed E-state index contributed by atoms with van der Waals surface area (Å²) in [5.41, 5.74) is 2.27. The highest BCUT2D eigenvalue weighted by Gasteiger charge is 2.19.